The molecule has 0 spiro atoms. The van der Waals surface area contributed by atoms with Crippen LogP contribution in [-0.4, -0.2) is 41.5 Å². The molecule has 7 heteroatoms. The van der Waals surface area contributed by atoms with Gasteiger partial charge in [0.1, 0.15) is 11.0 Å². The number of hydrogen-bond acceptors (Lipinski definition) is 5. The van der Waals surface area contributed by atoms with E-state index >= 15 is 0 Å². The first kappa shape index (κ1) is 15.0. The molecular weight excluding hydrogens is 278 g/mol. The maximum Gasteiger partial charge on any atom is 0.251 e. The molecule has 20 heavy (non-hydrogen) atoms. The Bertz CT molecular complexity index is 482. The molecule has 0 saturated carbocycles. The van der Waals surface area contributed by atoms with Crippen molar-refractivity contribution in [1.29, 1.82) is 0 Å². The van der Waals surface area contributed by atoms with Gasteiger partial charge in [-0.15, -0.1) is 0 Å². The molecule has 1 atom stereocenters. The summed E-state index contributed by atoms with van der Waals surface area (Å²) in [5.74, 6) is 5.53. The number of likely N-dealkylation sites (tertiary alicyclic amines) is 1. The molecule has 4 N–H and O–H groups in total. The average molecular weight is 298 g/mol. The number of nitrogens with one attached hydrogen (secondary N) is 2. The summed E-state index contributed by atoms with van der Waals surface area (Å²) >= 11 is 5.87. The van der Waals surface area contributed by atoms with Crippen molar-refractivity contribution in [1.82, 2.24) is 15.2 Å². The van der Waals surface area contributed by atoms with Crippen LogP contribution in [0, 0.1) is 0 Å². The Morgan fingerprint density at radius 3 is 3.10 bits per heavy atom. The summed E-state index contributed by atoms with van der Waals surface area (Å²) in [6.45, 7) is 5.13. The van der Waals surface area contributed by atoms with Crippen LogP contribution >= 0.6 is 11.6 Å². The molecule has 0 radical (unpaired) electrons. The zero-order valence-electron chi connectivity index (χ0n) is 11.5. The van der Waals surface area contributed by atoms with Crippen LogP contribution in [0.5, 0.6) is 0 Å². The minimum atomic E-state index is -0.145. The number of carbonyl (C=O) groups excluding carboxylic acids is 1. The third-order valence-electron chi connectivity index (χ3n) is 3.49. The number of piperidine rings is 1. The van der Waals surface area contributed by atoms with Gasteiger partial charge in [0.15, 0.2) is 0 Å². The molecular formula is C13H20ClN5O. The predicted molar refractivity (Wildman–Crippen MR) is 79.7 cm³/mol. The highest BCUT2D eigenvalue weighted by Gasteiger charge is 2.21. The number of rotatable bonds is 4. The largest absolute Gasteiger partial charge is 0.348 e. The van der Waals surface area contributed by atoms with Gasteiger partial charge >= 0.3 is 0 Å². The normalized spacial score (nSPS) is 19.6. The fourth-order valence-corrected chi connectivity index (χ4v) is 2.64. The number of likely N-dealkylation sites (N-methyl/N-ethyl adjacent to an activating group) is 1. The standard InChI is InChI=1S/C13H20ClN5O/c1-2-19-5-3-4-10(8-19)16-13(20)9-6-11(14)17-12(7-9)18-15/h6-7,10H,2-5,8,15H2,1H3,(H,16,20)(H,17,18). The van der Waals surface area contributed by atoms with Gasteiger partial charge in [0.2, 0.25) is 0 Å². The van der Waals surface area contributed by atoms with E-state index in [4.69, 9.17) is 17.4 Å². The van der Waals surface area contributed by atoms with Crippen LogP contribution in [0.1, 0.15) is 30.1 Å². The smallest absolute Gasteiger partial charge is 0.251 e. The summed E-state index contributed by atoms with van der Waals surface area (Å²) < 4.78 is 0. The van der Waals surface area contributed by atoms with Crippen molar-refractivity contribution in [3.8, 4) is 0 Å². The summed E-state index contributed by atoms with van der Waals surface area (Å²) in [7, 11) is 0. The van der Waals surface area contributed by atoms with Crippen LogP contribution in [0.25, 0.3) is 0 Å². The Balaban J connectivity index is 2.02. The Kier molecular flexibility index (Phi) is 5.17. The summed E-state index contributed by atoms with van der Waals surface area (Å²) in [4.78, 5) is 18.5. The van der Waals surface area contributed by atoms with E-state index in [1.807, 2.05) is 0 Å². The zero-order valence-corrected chi connectivity index (χ0v) is 12.3. The molecule has 1 aromatic rings. The van der Waals surface area contributed by atoms with Gasteiger partial charge in [-0.3, -0.25) is 4.79 Å². The zero-order chi connectivity index (χ0) is 14.5. The molecule has 6 nitrogen and oxygen atoms in total. The van der Waals surface area contributed by atoms with Crippen molar-refractivity contribution in [2.45, 2.75) is 25.8 Å². The van der Waals surface area contributed by atoms with E-state index in [0.29, 0.717) is 11.4 Å². The molecule has 1 amide bonds. The van der Waals surface area contributed by atoms with Gasteiger partial charge in [-0.25, -0.2) is 10.8 Å². The molecule has 0 bridgehead atoms. The molecule has 1 aliphatic heterocycles. The number of nitrogen functional groups attached to an aromatic ring is 1. The lowest BCUT2D eigenvalue weighted by molar-refractivity contribution is 0.0906. The molecule has 1 saturated heterocycles. The fourth-order valence-electron chi connectivity index (χ4n) is 2.43. The quantitative estimate of drug-likeness (QED) is 0.442. The molecule has 1 aliphatic rings. The van der Waals surface area contributed by atoms with E-state index < -0.39 is 0 Å². The topological polar surface area (TPSA) is 83.3 Å². The number of aromatic nitrogens is 1. The minimum Gasteiger partial charge on any atom is -0.348 e. The highest BCUT2D eigenvalue weighted by atomic mass is 35.5. The first-order valence-corrected chi connectivity index (χ1v) is 7.17. The highest BCUT2D eigenvalue weighted by Crippen LogP contribution is 2.15. The molecule has 2 heterocycles. The maximum absolute atomic E-state index is 12.2. The first-order valence-electron chi connectivity index (χ1n) is 6.79. The molecule has 0 aromatic carbocycles. The monoisotopic (exact) mass is 297 g/mol. The van der Waals surface area contributed by atoms with Crippen molar-refractivity contribution in [3.63, 3.8) is 0 Å². The van der Waals surface area contributed by atoms with E-state index in [2.05, 4.69) is 27.6 Å². The summed E-state index contributed by atoms with van der Waals surface area (Å²) in [6.07, 6.45) is 2.11. The van der Waals surface area contributed by atoms with E-state index in [9.17, 15) is 4.79 Å². The van der Waals surface area contributed by atoms with Crippen LogP contribution in [0.2, 0.25) is 5.15 Å². The molecule has 2 rings (SSSR count). The van der Waals surface area contributed by atoms with Crippen LogP contribution < -0.4 is 16.6 Å². The number of anilines is 1. The Labute approximate surface area is 123 Å². The third-order valence-corrected chi connectivity index (χ3v) is 3.69. The van der Waals surface area contributed by atoms with Crippen LogP contribution in [0.15, 0.2) is 12.1 Å². The number of nitrogens with zero attached hydrogens (tertiary/aromatic N) is 2. The lowest BCUT2D eigenvalue weighted by Gasteiger charge is -2.32. The number of nitrogens with two attached hydrogens (primary N) is 1. The maximum atomic E-state index is 12.2. The number of carbonyl (C=O) groups is 1. The van der Waals surface area contributed by atoms with Crippen molar-refractivity contribution >= 4 is 23.3 Å². The van der Waals surface area contributed by atoms with Gasteiger partial charge in [0, 0.05) is 18.2 Å². The van der Waals surface area contributed by atoms with Gasteiger partial charge in [-0.1, -0.05) is 18.5 Å². The second-order valence-electron chi connectivity index (χ2n) is 4.91. The summed E-state index contributed by atoms with van der Waals surface area (Å²) in [5.41, 5.74) is 2.86. The number of hydrogen-bond donors (Lipinski definition) is 3. The SMILES string of the molecule is CCN1CCCC(NC(=O)c2cc(Cl)nc(NN)c2)C1. The van der Waals surface area contributed by atoms with Crippen molar-refractivity contribution in [3.05, 3.63) is 22.8 Å². The van der Waals surface area contributed by atoms with Crippen molar-refractivity contribution in [2.24, 2.45) is 5.84 Å². The molecule has 0 aliphatic carbocycles. The van der Waals surface area contributed by atoms with Crippen LogP contribution in [0.4, 0.5) is 5.82 Å². The molecule has 1 aromatic heterocycles. The number of amides is 1. The lowest BCUT2D eigenvalue weighted by atomic mass is 10.1. The molecule has 1 fully saturated rings. The van der Waals surface area contributed by atoms with Crippen LogP contribution in [-0.2, 0) is 0 Å². The van der Waals surface area contributed by atoms with Crippen molar-refractivity contribution in [2.75, 3.05) is 25.1 Å². The van der Waals surface area contributed by atoms with Gasteiger partial charge in [0.05, 0.1) is 0 Å². The average Bonchev–Trinajstić information content (AvgIpc) is 2.46. The minimum absolute atomic E-state index is 0.145. The van der Waals surface area contributed by atoms with E-state index in [1.165, 1.54) is 6.07 Å². The Hall–Kier alpha value is -1.37. The van der Waals surface area contributed by atoms with Gasteiger partial charge in [0.25, 0.3) is 5.91 Å². The number of pyridine rings is 1. The number of halogens is 1. The van der Waals surface area contributed by atoms with Gasteiger partial charge < -0.3 is 15.6 Å². The molecule has 1 unspecified atom stereocenters. The van der Waals surface area contributed by atoms with Gasteiger partial charge in [-0.05, 0) is 38.1 Å². The Morgan fingerprint density at radius 1 is 1.60 bits per heavy atom. The summed E-state index contributed by atoms with van der Waals surface area (Å²) in [5, 5.41) is 3.28. The van der Waals surface area contributed by atoms with E-state index in [0.717, 1.165) is 32.5 Å². The Morgan fingerprint density at radius 2 is 2.40 bits per heavy atom. The van der Waals surface area contributed by atoms with E-state index in [-0.39, 0.29) is 17.1 Å². The van der Waals surface area contributed by atoms with Crippen LogP contribution in [0.3, 0.4) is 0 Å². The molecule has 110 valence electrons. The predicted octanol–water partition coefficient (Wildman–Crippen LogP) is 1.23. The first-order chi connectivity index (χ1) is 9.62. The second kappa shape index (κ2) is 6.88. The lowest BCUT2D eigenvalue weighted by Crippen LogP contribution is -2.47. The van der Waals surface area contributed by atoms with E-state index in [1.54, 1.807) is 6.07 Å². The number of hydrazine groups is 1. The van der Waals surface area contributed by atoms with Gasteiger partial charge in [-0.2, -0.15) is 0 Å². The van der Waals surface area contributed by atoms with Crippen molar-refractivity contribution < 1.29 is 4.79 Å². The fraction of sp³-hybridized carbons (Fsp3) is 0.538. The third kappa shape index (κ3) is 3.82. The summed E-state index contributed by atoms with van der Waals surface area (Å²) in [6, 6.07) is 3.30. The second-order valence-corrected chi connectivity index (χ2v) is 5.30. The highest BCUT2D eigenvalue weighted by molar-refractivity contribution is 6.29.